The van der Waals surface area contributed by atoms with Crippen molar-refractivity contribution in [3.63, 3.8) is 0 Å². The smallest absolute Gasteiger partial charge is 0.348 e. The van der Waals surface area contributed by atoms with E-state index in [1.54, 1.807) is 12.1 Å². The Kier molecular flexibility index (Phi) is 17.8. The summed E-state index contributed by atoms with van der Waals surface area (Å²) in [6.07, 6.45) is 13.0. The van der Waals surface area contributed by atoms with Gasteiger partial charge in [-0.1, -0.05) is 114 Å². The standard InChI is InChI=1S/C42H54O8/c1-5-7-9-11-12-13-14-15-17-33-18-20-34(21-19-33)35-22-24-36(25-23-35)42(46)50-38-28-26-37(27-29-38)41(45)49-32(4)40(44)48-31(3)39(43)47-30-16-10-8-6-2/h18-29,31-32H,5-17,30H2,1-4H3/t31-,32-/m0/s1. The second-order valence-electron chi connectivity index (χ2n) is 12.8. The molecule has 0 spiro atoms. The molecular formula is C42H54O8. The third kappa shape index (κ3) is 14.2. The van der Waals surface area contributed by atoms with Gasteiger partial charge in [0.05, 0.1) is 17.7 Å². The van der Waals surface area contributed by atoms with E-state index in [4.69, 9.17) is 18.9 Å². The van der Waals surface area contributed by atoms with Gasteiger partial charge in [0.15, 0.2) is 12.2 Å². The van der Waals surface area contributed by atoms with Gasteiger partial charge in [-0.05, 0) is 86.2 Å². The van der Waals surface area contributed by atoms with Crippen molar-refractivity contribution in [2.75, 3.05) is 6.61 Å². The number of esters is 4. The van der Waals surface area contributed by atoms with E-state index < -0.39 is 36.1 Å². The highest BCUT2D eigenvalue weighted by Crippen LogP contribution is 2.23. The Morgan fingerprint density at radius 2 is 1.00 bits per heavy atom. The summed E-state index contributed by atoms with van der Waals surface area (Å²) in [5.41, 5.74) is 3.98. The number of rotatable bonds is 22. The van der Waals surface area contributed by atoms with E-state index in [0.717, 1.165) is 43.2 Å². The fourth-order valence-electron chi connectivity index (χ4n) is 5.36. The molecule has 0 amide bonds. The van der Waals surface area contributed by atoms with Gasteiger partial charge in [0, 0.05) is 0 Å². The lowest BCUT2D eigenvalue weighted by molar-refractivity contribution is -0.171. The SMILES string of the molecule is CCCCCCCCCCc1ccc(-c2ccc(C(=O)Oc3ccc(C(=O)O[C@@H](C)C(=O)O[C@@H](C)C(=O)OCCCCCC)cc3)cc2)cc1. The van der Waals surface area contributed by atoms with E-state index in [0.29, 0.717) is 5.56 Å². The van der Waals surface area contributed by atoms with Crippen molar-refractivity contribution in [3.8, 4) is 16.9 Å². The average molecular weight is 687 g/mol. The highest BCUT2D eigenvalue weighted by atomic mass is 16.6. The highest BCUT2D eigenvalue weighted by Gasteiger charge is 2.26. The van der Waals surface area contributed by atoms with Crippen LogP contribution >= 0.6 is 0 Å². The van der Waals surface area contributed by atoms with E-state index >= 15 is 0 Å². The quantitative estimate of drug-likeness (QED) is 0.0445. The minimum absolute atomic E-state index is 0.150. The topological polar surface area (TPSA) is 105 Å². The molecule has 2 atom stereocenters. The summed E-state index contributed by atoms with van der Waals surface area (Å²) in [5.74, 6) is -2.56. The first-order valence-corrected chi connectivity index (χ1v) is 18.3. The molecule has 0 aliphatic heterocycles. The fourth-order valence-corrected chi connectivity index (χ4v) is 5.36. The van der Waals surface area contributed by atoms with Crippen LogP contribution in [0.2, 0.25) is 0 Å². The number of ether oxygens (including phenoxy) is 4. The van der Waals surface area contributed by atoms with Crippen molar-refractivity contribution in [1.29, 1.82) is 0 Å². The van der Waals surface area contributed by atoms with Crippen LogP contribution in [0.4, 0.5) is 0 Å². The zero-order chi connectivity index (χ0) is 36.1. The van der Waals surface area contributed by atoms with Gasteiger partial charge in [0.25, 0.3) is 0 Å². The monoisotopic (exact) mass is 686 g/mol. The number of unbranched alkanes of at least 4 members (excludes halogenated alkanes) is 10. The molecule has 3 aromatic carbocycles. The molecule has 0 aromatic heterocycles. The largest absolute Gasteiger partial charge is 0.463 e. The van der Waals surface area contributed by atoms with Crippen LogP contribution in [0.3, 0.4) is 0 Å². The van der Waals surface area contributed by atoms with E-state index in [1.807, 2.05) is 12.1 Å². The van der Waals surface area contributed by atoms with Crippen molar-refractivity contribution in [3.05, 3.63) is 89.5 Å². The summed E-state index contributed by atoms with van der Waals surface area (Å²) in [5, 5.41) is 0. The van der Waals surface area contributed by atoms with Gasteiger partial charge in [-0.2, -0.15) is 0 Å². The average Bonchev–Trinajstić information content (AvgIpc) is 3.13. The normalized spacial score (nSPS) is 12.1. The summed E-state index contributed by atoms with van der Waals surface area (Å²) in [6.45, 7) is 7.37. The van der Waals surface area contributed by atoms with E-state index in [2.05, 4.69) is 38.1 Å². The number of hydrogen-bond acceptors (Lipinski definition) is 8. The van der Waals surface area contributed by atoms with Gasteiger partial charge in [-0.25, -0.2) is 19.2 Å². The van der Waals surface area contributed by atoms with Crippen molar-refractivity contribution in [2.45, 2.75) is 123 Å². The number of hydrogen-bond donors (Lipinski definition) is 0. The Hall–Kier alpha value is -4.46. The second-order valence-corrected chi connectivity index (χ2v) is 12.8. The molecule has 0 saturated heterocycles. The zero-order valence-electron chi connectivity index (χ0n) is 30.2. The summed E-state index contributed by atoms with van der Waals surface area (Å²) < 4.78 is 21.0. The molecule has 0 bridgehead atoms. The molecule has 3 aromatic rings. The summed E-state index contributed by atoms with van der Waals surface area (Å²) >= 11 is 0. The van der Waals surface area contributed by atoms with Crippen LogP contribution in [-0.4, -0.2) is 42.7 Å². The van der Waals surface area contributed by atoms with Crippen LogP contribution in [0, 0.1) is 0 Å². The molecule has 0 aliphatic rings. The Morgan fingerprint density at radius 3 is 1.60 bits per heavy atom. The molecule has 0 aliphatic carbocycles. The molecule has 0 N–H and O–H groups in total. The molecule has 50 heavy (non-hydrogen) atoms. The molecule has 0 unspecified atom stereocenters. The maximum atomic E-state index is 12.8. The molecule has 0 radical (unpaired) electrons. The van der Waals surface area contributed by atoms with Gasteiger partial charge in [0.2, 0.25) is 0 Å². The van der Waals surface area contributed by atoms with Gasteiger partial charge >= 0.3 is 23.9 Å². The Labute approximate surface area is 297 Å². The number of carbonyl (C=O) groups is 4. The summed E-state index contributed by atoms with van der Waals surface area (Å²) in [4.78, 5) is 49.9. The minimum Gasteiger partial charge on any atom is -0.463 e. The first-order valence-electron chi connectivity index (χ1n) is 18.3. The van der Waals surface area contributed by atoms with E-state index in [9.17, 15) is 19.2 Å². The van der Waals surface area contributed by atoms with Gasteiger partial charge in [-0.3, -0.25) is 0 Å². The minimum atomic E-state index is -1.25. The zero-order valence-corrected chi connectivity index (χ0v) is 30.2. The summed E-state index contributed by atoms with van der Waals surface area (Å²) in [7, 11) is 0. The highest BCUT2D eigenvalue weighted by molar-refractivity contribution is 5.93. The van der Waals surface area contributed by atoms with Crippen LogP contribution in [0.25, 0.3) is 11.1 Å². The Balaban J connectivity index is 1.41. The lowest BCUT2D eigenvalue weighted by Gasteiger charge is -2.16. The lowest BCUT2D eigenvalue weighted by atomic mass is 10.00. The van der Waals surface area contributed by atoms with E-state index in [-0.39, 0.29) is 17.9 Å². The van der Waals surface area contributed by atoms with Crippen molar-refractivity contribution in [2.24, 2.45) is 0 Å². The molecule has 0 heterocycles. The number of aryl methyl sites for hydroxylation is 1. The Bertz CT molecular complexity index is 1460. The predicted molar refractivity (Wildman–Crippen MR) is 195 cm³/mol. The van der Waals surface area contributed by atoms with Crippen LogP contribution in [0.5, 0.6) is 5.75 Å². The molecule has 0 fully saturated rings. The lowest BCUT2D eigenvalue weighted by Crippen LogP contribution is -2.33. The van der Waals surface area contributed by atoms with Crippen LogP contribution in [-0.2, 0) is 30.2 Å². The maximum Gasteiger partial charge on any atom is 0.348 e. The molecular weight excluding hydrogens is 632 g/mol. The van der Waals surface area contributed by atoms with Crippen LogP contribution in [0.15, 0.2) is 72.8 Å². The van der Waals surface area contributed by atoms with Gasteiger partial charge in [0.1, 0.15) is 5.75 Å². The van der Waals surface area contributed by atoms with Crippen molar-refractivity contribution in [1.82, 2.24) is 0 Å². The van der Waals surface area contributed by atoms with Crippen molar-refractivity contribution >= 4 is 23.9 Å². The maximum absolute atomic E-state index is 12.8. The molecule has 270 valence electrons. The van der Waals surface area contributed by atoms with Gasteiger partial charge < -0.3 is 18.9 Å². The predicted octanol–water partition coefficient (Wildman–Crippen LogP) is 9.86. The summed E-state index contributed by atoms with van der Waals surface area (Å²) in [6, 6.07) is 21.7. The molecule has 8 heteroatoms. The van der Waals surface area contributed by atoms with Crippen LogP contribution < -0.4 is 4.74 Å². The molecule has 8 nitrogen and oxygen atoms in total. The fraction of sp³-hybridized carbons (Fsp3) is 0.476. The third-order valence-corrected chi connectivity index (χ3v) is 8.51. The Morgan fingerprint density at radius 1 is 0.520 bits per heavy atom. The van der Waals surface area contributed by atoms with Crippen LogP contribution in [0.1, 0.15) is 131 Å². The number of carbonyl (C=O) groups excluding carboxylic acids is 4. The first kappa shape index (κ1) is 40.0. The number of benzene rings is 3. The molecule has 0 saturated carbocycles. The van der Waals surface area contributed by atoms with E-state index in [1.165, 1.54) is 95.0 Å². The third-order valence-electron chi connectivity index (χ3n) is 8.51. The van der Waals surface area contributed by atoms with Gasteiger partial charge in [-0.15, -0.1) is 0 Å². The molecule has 3 rings (SSSR count). The van der Waals surface area contributed by atoms with Crippen molar-refractivity contribution < 1.29 is 38.1 Å². The second kappa shape index (κ2) is 22.3. The first-order chi connectivity index (χ1) is 24.2.